The van der Waals surface area contributed by atoms with Gasteiger partial charge in [-0.2, -0.15) is 0 Å². The first kappa shape index (κ1) is 14.1. The Bertz CT molecular complexity index is 402. The van der Waals surface area contributed by atoms with Gasteiger partial charge in [0.2, 0.25) is 5.91 Å². The fourth-order valence-corrected chi connectivity index (χ4v) is 2.81. The molecule has 2 N–H and O–H groups in total. The van der Waals surface area contributed by atoms with Crippen LogP contribution in [-0.2, 0) is 4.79 Å². The van der Waals surface area contributed by atoms with E-state index >= 15 is 0 Å². The Balaban J connectivity index is 1.93. The third kappa shape index (κ3) is 3.80. The van der Waals surface area contributed by atoms with E-state index in [4.69, 9.17) is 5.73 Å². The molecule has 2 rings (SSSR count). The minimum absolute atomic E-state index is 0.191. The Kier molecular flexibility index (Phi) is 4.97. The average Bonchev–Trinajstić information content (AvgIpc) is 2.88. The molecule has 1 aromatic carbocycles. The van der Waals surface area contributed by atoms with Crippen molar-refractivity contribution in [2.45, 2.75) is 51.1 Å². The summed E-state index contributed by atoms with van der Waals surface area (Å²) < 4.78 is 0. The van der Waals surface area contributed by atoms with Crippen molar-refractivity contribution in [1.82, 2.24) is 4.90 Å². The van der Waals surface area contributed by atoms with Crippen LogP contribution in [0.1, 0.15) is 50.6 Å². The summed E-state index contributed by atoms with van der Waals surface area (Å²) in [5.41, 5.74) is 6.99. The van der Waals surface area contributed by atoms with Gasteiger partial charge in [-0.25, -0.2) is 0 Å². The molecular weight excluding hydrogens is 236 g/mol. The largest absolute Gasteiger partial charge is 0.336 e. The summed E-state index contributed by atoms with van der Waals surface area (Å²) in [5, 5.41) is 0. The number of amides is 1. The Morgan fingerprint density at radius 2 is 2.16 bits per heavy atom. The van der Waals surface area contributed by atoms with Crippen molar-refractivity contribution in [1.29, 1.82) is 0 Å². The molecular formula is C16H24N2O. The summed E-state index contributed by atoms with van der Waals surface area (Å²) in [6.07, 6.45) is 4.65. The van der Waals surface area contributed by atoms with Crippen molar-refractivity contribution in [2.24, 2.45) is 5.73 Å². The highest BCUT2D eigenvalue weighted by molar-refractivity contribution is 5.77. The molecule has 0 bridgehead atoms. The fourth-order valence-electron chi connectivity index (χ4n) is 2.81. The molecule has 1 fully saturated rings. The summed E-state index contributed by atoms with van der Waals surface area (Å²) in [4.78, 5) is 14.3. The number of carbonyl (C=O) groups is 1. The zero-order valence-corrected chi connectivity index (χ0v) is 11.7. The molecule has 1 aliphatic rings. The highest BCUT2D eigenvalue weighted by Gasteiger charge is 2.29. The number of hydrogen-bond acceptors (Lipinski definition) is 2. The molecule has 1 aliphatic heterocycles. The molecule has 0 aliphatic carbocycles. The van der Waals surface area contributed by atoms with Gasteiger partial charge in [-0.3, -0.25) is 4.79 Å². The first-order valence-corrected chi connectivity index (χ1v) is 7.28. The van der Waals surface area contributed by atoms with Gasteiger partial charge in [0.05, 0.1) is 6.04 Å². The lowest BCUT2D eigenvalue weighted by Crippen LogP contribution is -2.30. The van der Waals surface area contributed by atoms with E-state index in [1.165, 1.54) is 5.56 Å². The van der Waals surface area contributed by atoms with Gasteiger partial charge in [0, 0.05) is 19.0 Å². The number of likely N-dealkylation sites (tertiary alicyclic amines) is 1. The predicted octanol–water partition coefficient (Wildman–Crippen LogP) is 2.87. The van der Waals surface area contributed by atoms with Crippen LogP contribution in [0.15, 0.2) is 30.3 Å². The van der Waals surface area contributed by atoms with Crippen LogP contribution >= 0.6 is 0 Å². The zero-order valence-electron chi connectivity index (χ0n) is 11.7. The monoisotopic (exact) mass is 260 g/mol. The Morgan fingerprint density at radius 1 is 1.42 bits per heavy atom. The maximum Gasteiger partial charge on any atom is 0.223 e. The van der Waals surface area contributed by atoms with Gasteiger partial charge >= 0.3 is 0 Å². The highest BCUT2D eigenvalue weighted by Crippen LogP contribution is 2.32. The van der Waals surface area contributed by atoms with Crippen molar-refractivity contribution < 1.29 is 4.79 Å². The molecule has 2 atom stereocenters. The third-order valence-electron chi connectivity index (χ3n) is 3.81. The van der Waals surface area contributed by atoms with Crippen LogP contribution in [-0.4, -0.2) is 23.4 Å². The Morgan fingerprint density at radius 3 is 2.84 bits per heavy atom. The molecule has 0 aromatic heterocycles. The summed E-state index contributed by atoms with van der Waals surface area (Å²) in [6, 6.07) is 10.8. The van der Waals surface area contributed by atoms with Crippen LogP contribution in [0.5, 0.6) is 0 Å². The maximum absolute atomic E-state index is 12.3. The van der Waals surface area contributed by atoms with Crippen LogP contribution in [0.3, 0.4) is 0 Å². The van der Waals surface area contributed by atoms with Crippen molar-refractivity contribution >= 4 is 5.91 Å². The van der Waals surface area contributed by atoms with Gasteiger partial charge in [0.1, 0.15) is 0 Å². The molecule has 1 heterocycles. The minimum Gasteiger partial charge on any atom is -0.336 e. The number of rotatable bonds is 5. The number of benzene rings is 1. The second-order valence-electron chi connectivity index (χ2n) is 5.53. The number of carbonyl (C=O) groups excluding carboxylic acids is 1. The summed E-state index contributed by atoms with van der Waals surface area (Å²) in [7, 11) is 0. The first-order chi connectivity index (χ1) is 9.18. The van der Waals surface area contributed by atoms with Crippen LogP contribution in [0.4, 0.5) is 0 Å². The molecule has 0 spiro atoms. The second kappa shape index (κ2) is 6.71. The first-order valence-electron chi connectivity index (χ1n) is 7.28. The molecule has 1 amide bonds. The van der Waals surface area contributed by atoms with Gasteiger partial charge in [-0.1, -0.05) is 30.3 Å². The molecule has 19 heavy (non-hydrogen) atoms. The normalized spacial score (nSPS) is 20.5. The van der Waals surface area contributed by atoms with Crippen molar-refractivity contribution in [3.63, 3.8) is 0 Å². The predicted molar refractivity (Wildman–Crippen MR) is 77.6 cm³/mol. The highest BCUT2D eigenvalue weighted by atomic mass is 16.2. The lowest BCUT2D eigenvalue weighted by molar-refractivity contribution is -0.132. The van der Waals surface area contributed by atoms with Crippen LogP contribution in [0, 0.1) is 0 Å². The Labute approximate surface area is 115 Å². The van der Waals surface area contributed by atoms with Gasteiger partial charge in [0.25, 0.3) is 0 Å². The van der Waals surface area contributed by atoms with Gasteiger partial charge < -0.3 is 10.6 Å². The minimum atomic E-state index is 0.191. The van der Waals surface area contributed by atoms with E-state index in [2.05, 4.69) is 17.0 Å². The SMILES string of the molecule is CC(N)CCCC(=O)N1CCCC1c1ccccc1. The molecule has 3 heteroatoms. The zero-order chi connectivity index (χ0) is 13.7. The molecule has 0 saturated carbocycles. The lowest BCUT2D eigenvalue weighted by atomic mass is 10.0. The molecule has 1 aromatic rings. The standard InChI is InChI=1S/C16H24N2O/c1-13(17)7-5-11-16(19)18-12-6-10-15(18)14-8-3-2-4-9-14/h2-4,8-9,13,15H,5-7,10-12,17H2,1H3. The maximum atomic E-state index is 12.3. The van der Waals surface area contributed by atoms with Crippen LogP contribution in [0.25, 0.3) is 0 Å². The quantitative estimate of drug-likeness (QED) is 0.885. The molecule has 2 unspecified atom stereocenters. The third-order valence-corrected chi connectivity index (χ3v) is 3.81. The van der Waals surface area contributed by atoms with Crippen molar-refractivity contribution in [2.75, 3.05) is 6.54 Å². The number of nitrogens with zero attached hydrogens (tertiary/aromatic N) is 1. The summed E-state index contributed by atoms with van der Waals surface area (Å²) in [5.74, 6) is 0.284. The molecule has 1 saturated heterocycles. The van der Waals surface area contributed by atoms with E-state index in [-0.39, 0.29) is 18.0 Å². The molecule has 0 radical (unpaired) electrons. The van der Waals surface area contributed by atoms with E-state index < -0.39 is 0 Å². The smallest absolute Gasteiger partial charge is 0.223 e. The van der Waals surface area contributed by atoms with E-state index in [1.807, 2.05) is 25.1 Å². The number of nitrogens with two attached hydrogens (primary N) is 1. The van der Waals surface area contributed by atoms with E-state index in [0.717, 1.165) is 32.2 Å². The van der Waals surface area contributed by atoms with Crippen molar-refractivity contribution in [3.05, 3.63) is 35.9 Å². The fraction of sp³-hybridized carbons (Fsp3) is 0.562. The summed E-state index contributed by atoms with van der Waals surface area (Å²) in [6.45, 7) is 2.89. The topological polar surface area (TPSA) is 46.3 Å². The van der Waals surface area contributed by atoms with Gasteiger partial charge in [-0.15, -0.1) is 0 Å². The average molecular weight is 260 g/mol. The van der Waals surface area contributed by atoms with E-state index in [0.29, 0.717) is 6.42 Å². The molecule has 104 valence electrons. The summed E-state index contributed by atoms with van der Waals surface area (Å²) >= 11 is 0. The van der Waals surface area contributed by atoms with E-state index in [1.54, 1.807) is 0 Å². The van der Waals surface area contributed by atoms with Gasteiger partial charge in [-0.05, 0) is 38.2 Å². The van der Waals surface area contributed by atoms with Gasteiger partial charge in [0.15, 0.2) is 0 Å². The van der Waals surface area contributed by atoms with Crippen LogP contribution in [0.2, 0.25) is 0 Å². The van der Waals surface area contributed by atoms with E-state index in [9.17, 15) is 4.79 Å². The van der Waals surface area contributed by atoms with Crippen LogP contribution < -0.4 is 5.73 Å². The van der Waals surface area contributed by atoms with Crippen molar-refractivity contribution in [3.8, 4) is 0 Å². The number of hydrogen-bond donors (Lipinski definition) is 1. The lowest BCUT2D eigenvalue weighted by Gasteiger charge is -2.25. The Hall–Kier alpha value is -1.35. The second-order valence-corrected chi connectivity index (χ2v) is 5.53. The molecule has 3 nitrogen and oxygen atoms in total.